The van der Waals surface area contributed by atoms with Crippen molar-refractivity contribution in [1.82, 2.24) is 9.46 Å². The van der Waals surface area contributed by atoms with Gasteiger partial charge >= 0.3 is 5.97 Å². The third-order valence-corrected chi connectivity index (χ3v) is 8.31. The molecule has 0 saturated carbocycles. The number of hydrogen-bond acceptors (Lipinski definition) is 8. The summed E-state index contributed by atoms with van der Waals surface area (Å²) in [5.41, 5.74) is 0.500. The van der Waals surface area contributed by atoms with Gasteiger partial charge in [0.2, 0.25) is 0 Å². The highest BCUT2D eigenvalue weighted by Gasteiger charge is 2.31. The summed E-state index contributed by atoms with van der Waals surface area (Å²) in [6, 6.07) is 11.0. The molecule has 3 aromatic rings. The van der Waals surface area contributed by atoms with E-state index < -0.39 is 16.0 Å². The lowest BCUT2D eigenvalue weighted by atomic mass is 10.2. The topological polar surface area (TPSA) is 93.0 Å². The average molecular weight is 466 g/mol. The van der Waals surface area contributed by atoms with Gasteiger partial charge in [-0.1, -0.05) is 17.3 Å². The molecule has 4 rings (SSSR count). The lowest BCUT2D eigenvalue weighted by molar-refractivity contribution is 0.0514. The zero-order chi connectivity index (χ0) is 22.0. The molecule has 1 aliphatic rings. The minimum absolute atomic E-state index is 0.0268. The van der Waals surface area contributed by atoms with Crippen LogP contribution in [0.2, 0.25) is 0 Å². The van der Waals surface area contributed by atoms with Crippen LogP contribution in [0.1, 0.15) is 17.4 Å². The van der Waals surface area contributed by atoms with Gasteiger partial charge in [0.15, 0.2) is 11.5 Å². The molecule has 1 aliphatic heterocycles. The number of carbonyl (C=O) groups is 1. The van der Waals surface area contributed by atoms with E-state index in [-0.39, 0.29) is 35.4 Å². The molecular weight excluding hydrogens is 445 g/mol. The summed E-state index contributed by atoms with van der Waals surface area (Å²) in [5, 5.41) is 3.68. The third kappa shape index (κ3) is 4.34. The van der Waals surface area contributed by atoms with Crippen LogP contribution in [-0.2, 0) is 14.8 Å². The summed E-state index contributed by atoms with van der Waals surface area (Å²) in [6.07, 6.45) is 0. The minimum atomic E-state index is -3.71. The molecule has 31 heavy (non-hydrogen) atoms. The minimum Gasteiger partial charge on any atom is -0.461 e. The Morgan fingerprint density at radius 2 is 1.94 bits per heavy atom. The molecule has 0 aliphatic carbocycles. The number of hydrogen-bond donors (Lipinski definition) is 0. The zero-order valence-electron chi connectivity index (χ0n) is 16.7. The number of sulfonamides is 1. The van der Waals surface area contributed by atoms with Crippen molar-refractivity contribution in [3.05, 3.63) is 54.0 Å². The number of ether oxygens (including phenoxy) is 1. The zero-order valence-corrected chi connectivity index (χ0v) is 18.3. The van der Waals surface area contributed by atoms with Gasteiger partial charge in [0.05, 0.1) is 17.2 Å². The van der Waals surface area contributed by atoms with E-state index in [2.05, 4.69) is 5.16 Å². The highest BCUT2D eigenvalue weighted by Crippen LogP contribution is 2.33. The fraction of sp³-hybridized carbons (Fsp3) is 0.300. The molecule has 0 N–H and O–H groups in total. The molecule has 11 heteroatoms. The first-order valence-electron chi connectivity index (χ1n) is 9.64. The van der Waals surface area contributed by atoms with E-state index in [4.69, 9.17) is 9.26 Å². The molecule has 1 aromatic carbocycles. The molecule has 0 unspecified atom stereocenters. The molecule has 2 aromatic heterocycles. The fourth-order valence-corrected chi connectivity index (χ4v) is 6.12. The van der Waals surface area contributed by atoms with Crippen molar-refractivity contribution < 1.29 is 26.9 Å². The second-order valence-corrected chi connectivity index (χ2v) is 10.0. The standard InChI is InChI=1S/C20H20FN3O5S2/c1-2-28-20(25)15-13-17(29-22-15)18-7-8-19(30-18)31(26,27)24-11-9-23(10-12-24)16-6-4-3-5-14(16)21/h3-8,13H,2,9-12H2,1H3. The Kier molecular flexibility index (Phi) is 6.08. The number of anilines is 1. The van der Waals surface area contributed by atoms with Crippen molar-refractivity contribution in [2.75, 3.05) is 37.7 Å². The summed E-state index contributed by atoms with van der Waals surface area (Å²) >= 11 is 1.04. The van der Waals surface area contributed by atoms with Crippen LogP contribution in [0.15, 0.2) is 51.2 Å². The maximum atomic E-state index is 14.0. The largest absolute Gasteiger partial charge is 0.461 e. The van der Waals surface area contributed by atoms with Crippen LogP contribution < -0.4 is 4.90 Å². The normalized spacial score (nSPS) is 15.2. The van der Waals surface area contributed by atoms with Crippen LogP contribution >= 0.6 is 11.3 Å². The lowest BCUT2D eigenvalue weighted by Gasteiger charge is -2.35. The fourth-order valence-electron chi connectivity index (χ4n) is 3.29. The highest BCUT2D eigenvalue weighted by atomic mass is 32.2. The number of carbonyl (C=O) groups excluding carboxylic acids is 1. The Morgan fingerprint density at radius 1 is 1.19 bits per heavy atom. The van der Waals surface area contributed by atoms with Gasteiger partial charge in [-0.3, -0.25) is 0 Å². The molecular formula is C20H20FN3O5S2. The number of benzene rings is 1. The SMILES string of the molecule is CCOC(=O)c1cc(-c2ccc(S(=O)(=O)N3CCN(c4ccccc4F)CC3)s2)on1. The molecule has 3 heterocycles. The van der Waals surface area contributed by atoms with Crippen LogP contribution in [0, 0.1) is 5.82 Å². The van der Waals surface area contributed by atoms with Gasteiger partial charge in [-0.15, -0.1) is 11.3 Å². The first-order chi connectivity index (χ1) is 14.9. The summed E-state index contributed by atoms with van der Waals surface area (Å²) < 4.78 is 51.7. The van der Waals surface area contributed by atoms with E-state index >= 15 is 0 Å². The monoisotopic (exact) mass is 465 g/mol. The molecule has 1 fully saturated rings. The molecule has 0 spiro atoms. The summed E-state index contributed by atoms with van der Waals surface area (Å²) in [6.45, 7) is 3.18. The van der Waals surface area contributed by atoms with Gasteiger partial charge in [0.25, 0.3) is 10.0 Å². The molecule has 164 valence electrons. The van der Waals surface area contributed by atoms with Crippen molar-refractivity contribution in [2.45, 2.75) is 11.1 Å². The van der Waals surface area contributed by atoms with Crippen molar-refractivity contribution in [2.24, 2.45) is 0 Å². The van der Waals surface area contributed by atoms with Gasteiger partial charge in [-0.25, -0.2) is 17.6 Å². The molecule has 0 radical (unpaired) electrons. The van der Waals surface area contributed by atoms with Gasteiger partial charge in [-0.2, -0.15) is 4.31 Å². The van der Waals surface area contributed by atoms with Gasteiger partial charge in [0, 0.05) is 32.2 Å². The van der Waals surface area contributed by atoms with Crippen LogP contribution in [0.5, 0.6) is 0 Å². The lowest BCUT2D eigenvalue weighted by Crippen LogP contribution is -2.48. The second-order valence-electron chi connectivity index (χ2n) is 6.76. The van der Waals surface area contributed by atoms with Crippen molar-refractivity contribution in [3.8, 4) is 10.6 Å². The summed E-state index contributed by atoms with van der Waals surface area (Å²) in [5.74, 6) is -0.635. The maximum Gasteiger partial charge on any atom is 0.360 e. The molecule has 0 atom stereocenters. The summed E-state index contributed by atoms with van der Waals surface area (Å²) in [7, 11) is -3.71. The van der Waals surface area contributed by atoms with E-state index in [1.54, 1.807) is 31.2 Å². The maximum absolute atomic E-state index is 14.0. The van der Waals surface area contributed by atoms with E-state index in [0.29, 0.717) is 29.4 Å². The Balaban J connectivity index is 1.46. The van der Waals surface area contributed by atoms with Crippen molar-refractivity contribution in [3.63, 3.8) is 0 Å². The van der Waals surface area contributed by atoms with Gasteiger partial charge in [-0.05, 0) is 31.2 Å². The van der Waals surface area contributed by atoms with E-state index in [1.165, 1.54) is 22.5 Å². The van der Waals surface area contributed by atoms with E-state index in [1.807, 2.05) is 4.90 Å². The van der Waals surface area contributed by atoms with Gasteiger partial charge in [0.1, 0.15) is 10.0 Å². The summed E-state index contributed by atoms with van der Waals surface area (Å²) in [4.78, 5) is 14.1. The smallest absolute Gasteiger partial charge is 0.360 e. The number of aromatic nitrogens is 1. The second kappa shape index (κ2) is 8.77. The molecule has 0 bridgehead atoms. The quantitative estimate of drug-likeness (QED) is 0.516. The van der Waals surface area contributed by atoms with Crippen molar-refractivity contribution in [1.29, 1.82) is 0 Å². The molecule has 8 nitrogen and oxygen atoms in total. The van der Waals surface area contributed by atoms with Gasteiger partial charge < -0.3 is 14.2 Å². The number of thiophene rings is 1. The number of rotatable bonds is 6. The number of piperazine rings is 1. The van der Waals surface area contributed by atoms with Crippen LogP contribution in [0.4, 0.5) is 10.1 Å². The van der Waals surface area contributed by atoms with Crippen LogP contribution in [0.25, 0.3) is 10.6 Å². The number of para-hydroxylation sites is 1. The average Bonchev–Trinajstić information content (AvgIpc) is 3.45. The Labute approximate surface area is 182 Å². The first-order valence-corrected chi connectivity index (χ1v) is 11.9. The Hall–Kier alpha value is -2.76. The Morgan fingerprint density at radius 3 is 2.65 bits per heavy atom. The van der Waals surface area contributed by atoms with E-state index in [9.17, 15) is 17.6 Å². The predicted molar refractivity (Wildman–Crippen MR) is 113 cm³/mol. The molecule has 0 amide bonds. The number of nitrogens with zero attached hydrogens (tertiary/aromatic N) is 3. The highest BCUT2D eigenvalue weighted by molar-refractivity contribution is 7.91. The number of esters is 1. The number of halogens is 1. The van der Waals surface area contributed by atoms with Crippen LogP contribution in [-0.4, -0.2) is 56.6 Å². The van der Waals surface area contributed by atoms with Crippen molar-refractivity contribution >= 4 is 33.0 Å². The first kappa shape index (κ1) is 21.5. The predicted octanol–water partition coefficient (Wildman–Crippen LogP) is 3.23. The van der Waals surface area contributed by atoms with Crippen LogP contribution in [0.3, 0.4) is 0 Å². The Bertz CT molecular complexity index is 1180. The van der Waals surface area contributed by atoms with E-state index in [0.717, 1.165) is 11.3 Å². The molecule has 1 saturated heterocycles. The third-order valence-electron chi connectivity index (χ3n) is 4.84.